The van der Waals surface area contributed by atoms with Gasteiger partial charge in [-0.25, -0.2) is 4.39 Å². The number of nitrogens with one attached hydrogen (secondary N) is 1. The third-order valence-electron chi connectivity index (χ3n) is 4.41. The van der Waals surface area contributed by atoms with Crippen molar-refractivity contribution < 1.29 is 9.18 Å². The number of benzene rings is 1. The number of fused-ring (bicyclic) bond motifs is 2. The molecule has 0 saturated heterocycles. The highest BCUT2D eigenvalue weighted by Gasteiger charge is 2.24. The van der Waals surface area contributed by atoms with E-state index in [0.29, 0.717) is 16.8 Å². The van der Waals surface area contributed by atoms with E-state index < -0.39 is 0 Å². The minimum atomic E-state index is -0.290. The molecule has 3 aromatic rings. The molecule has 124 valence electrons. The van der Waals surface area contributed by atoms with Crippen molar-refractivity contribution >= 4 is 27.3 Å². The first-order valence-electron chi connectivity index (χ1n) is 8.05. The molecular formula is C17H17FN4OS. The standard InChI is InChI=1S/C17H17FN4OS/c1-2-15-20-21-16-7-6-10(9-22(15)16)19-17(23)14-8-11-12(18)4-3-5-13(11)24-14/h3-5,8,10H,2,6-7,9H2,1H3,(H,19,23)/t10-/m0/s1. The SMILES string of the molecule is CCc1nnc2n1C[C@@H](NC(=O)c1cc3c(F)cccc3s1)CC2. The highest BCUT2D eigenvalue weighted by Crippen LogP contribution is 2.28. The number of hydrogen-bond acceptors (Lipinski definition) is 4. The van der Waals surface area contributed by atoms with E-state index in [2.05, 4.69) is 20.1 Å². The predicted molar refractivity (Wildman–Crippen MR) is 90.8 cm³/mol. The number of rotatable bonds is 3. The Hall–Kier alpha value is -2.28. The van der Waals surface area contributed by atoms with Crippen molar-refractivity contribution in [3.8, 4) is 0 Å². The van der Waals surface area contributed by atoms with Gasteiger partial charge in [0.2, 0.25) is 0 Å². The largest absolute Gasteiger partial charge is 0.347 e. The van der Waals surface area contributed by atoms with Gasteiger partial charge in [-0.15, -0.1) is 21.5 Å². The van der Waals surface area contributed by atoms with Crippen LogP contribution in [0, 0.1) is 5.82 Å². The zero-order chi connectivity index (χ0) is 16.7. The van der Waals surface area contributed by atoms with Crippen LogP contribution >= 0.6 is 11.3 Å². The fourth-order valence-corrected chi connectivity index (χ4v) is 4.13. The molecule has 1 atom stereocenters. The highest BCUT2D eigenvalue weighted by molar-refractivity contribution is 7.20. The summed E-state index contributed by atoms with van der Waals surface area (Å²) in [6, 6.07) is 6.59. The number of hydrogen-bond donors (Lipinski definition) is 1. The molecule has 2 aromatic heterocycles. The van der Waals surface area contributed by atoms with E-state index in [-0.39, 0.29) is 17.8 Å². The van der Waals surface area contributed by atoms with E-state index in [9.17, 15) is 9.18 Å². The second-order valence-electron chi connectivity index (χ2n) is 5.97. The molecule has 24 heavy (non-hydrogen) atoms. The maximum absolute atomic E-state index is 13.8. The molecular weight excluding hydrogens is 327 g/mol. The summed E-state index contributed by atoms with van der Waals surface area (Å²) in [6.45, 7) is 2.74. The lowest BCUT2D eigenvalue weighted by Crippen LogP contribution is -2.41. The van der Waals surface area contributed by atoms with E-state index >= 15 is 0 Å². The Morgan fingerprint density at radius 1 is 1.46 bits per heavy atom. The molecule has 5 nitrogen and oxygen atoms in total. The number of aromatic nitrogens is 3. The summed E-state index contributed by atoms with van der Waals surface area (Å²) < 4.78 is 16.7. The summed E-state index contributed by atoms with van der Waals surface area (Å²) in [5.41, 5.74) is 0. The number of aryl methyl sites for hydroxylation is 2. The molecule has 0 aliphatic carbocycles. The Labute approximate surface area is 142 Å². The van der Waals surface area contributed by atoms with Crippen LogP contribution in [0.1, 0.15) is 34.7 Å². The zero-order valence-electron chi connectivity index (χ0n) is 13.3. The van der Waals surface area contributed by atoms with Crippen LogP contribution in [0.15, 0.2) is 24.3 Å². The van der Waals surface area contributed by atoms with E-state index in [1.807, 2.05) is 13.0 Å². The second-order valence-corrected chi connectivity index (χ2v) is 7.05. The van der Waals surface area contributed by atoms with E-state index in [0.717, 1.165) is 35.6 Å². The Bertz CT molecular complexity index is 903. The molecule has 0 unspecified atom stereocenters. The van der Waals surface area contributed by atoms with Crippen molar-refractivity contribution in [2.45, 2.75) is 38.8 Å². The molecule has 4 rings (SSSR count). The van der Waals surface area contributed by atoms with Crippen molar-refractivity contribution in [2.24, 2.45) is 0 Å². The maximum atomic E-state index is 13.8. The van der Waals surface area contributed by atoms with Gasteiger partial charge in [0.15, 0.2) is 0 Å². The Kier molecular flexibility index (Phi) is 3.80. The molecule has 0 spiro atoms. The zero-order valence-corrected chi connectivity index (χ0v) is 14.1. The molecule has 1 N–H and O–H groups in total. The molecule has 1 aliphatic heterocycles. The number of carbonyl (C=O) groups excluding carboxylic acids is 1. The van der Waals surface area contributed by atoms with Gasteiger partial charge in [0.1, 0.15) is 17.5 Å². The fraction of sp³-hybridized carbons (Fsp3) is 0.353. The number of nitrogens with zero attached hydrogens (tertiary/aromatic N) is 3. The van der Waals surface area contributed by atoms with Gasteiger partial charge in [-0.3, -0.25) is 4.79 Å². The van der Waals surface area contributed by atoms with Gasteiger partial charge in [0, 0.05) is 35.5 Å². The van der Waals surface area contributed by atoms with Gasteiger partial charge < -0.3 is 9.88 Å². The lowest BCUT2D eigenvalue weighted by Gasteiger charge is -2.25. The smallest absolute Gasteiger partial charge is 0.261 e. The summed E-state index contributed by atoms with van der Waals surface area (Å²) in [7, 11) is 0. The van der Waals surface area contributed by atoms with Gasteiger partial charge in [-0.1, -0.05) is 13.0 Å². The topological polar surface area (TPSA) is 59.8 Å². The van der Waals surface area contributed by atoms with Crippen molar-refractivity contribution in [3.63, 3.8) is 0 Å². The summed E-state index contributed by atoms with van der Waals surface area (Å²) in [4.78, 5) is 13.1. The number of carbonyl (C=O) groups is 1. The molecule has 3 heterocycles. The van der Waals surface area contributed by atoms with E-state index in [4.69, 9.17) is 0 Å². The summed E-state index contributed by atoms with van der Waals surface area (Å²) in [6.07, 6.45) is 2.47. The van der Waals surface area contributed by atoms with Crippen LogP contribution < -0.4 is 5.32 Å². The normalized spacial score (nSPS) is 17.0. The van der Waals surface area contributed by atoms with Crippen molar-refractivity contribution in [1.82, 2.24) is 20.1 Å². The van der Waals surface area contributed by atoms with Crippen molar-refractivity contribution in [1.29, 1.82) is 0 Å². The average Bonchev–Trinajstić information content (AvgIpc) is 3.19. The van der Waals surface area contributed by atoms with Crippen LogP contribution in [0.2, 0.25) is 0 Å². The fourth-order valence-electron chi connectivity index (χ4n) is 3.16. The molecule has 0 saturated carbocycles. The first-order chi connectivity index (χ1) is 11.7. The Balaban J connectivity index is 1.52. The first kappa shape index (κ1) is 15.3. The average molecular weight is 344 g/mol. The molecule has 0 radical (unpaired) electrons. The Morgan fingerprint density at radius 3 is 3.12 bits per heavy atom. The quantitative estimate of drug-likeness (QED) is 0.795. The van der Waals surface area contributed by atoms with Crippen LogP contribution in [0.5, 0.6) is 0 Å². The maximum Gasteiger partial charge on any atom is 0.261 e. The first-order valence-corrected chi connectivity index (χ1v) is 8.87. The third kappa shape index (κ3) is 2.58. The highest BCUT2D eigenvalue weighted by atomic mass is 32.1. The van der Waals surface area contributed by atoms with Crippen LogP contribution in [0.25, 0.3) is 10.1 Å². The summed E-state index contributed by atoms with van der Waals surface area (Å²) in [5.74, 6) is 1.51. The van der Waals surface area contributed by atoms with Crippen LogP contribution in [-0.4, -0.2) is 26.7 Å². The second kappa shape index (κ2) is 5.98. The van der Waals surface area contributed by atoms with E-state index in [1.165, 1.54) is 17.4 Å². The van der Waals surface area contributed by atoms with E-state index in [1.54, 1.807) is 12.1 Å². The number of halogens is 1. The van der Waals surface area contributed by atoms with Gasteiger partial charge >= 0.3 is 0 Å². The number of thiophene rings is 1. The van der Waals surface area contributed by atoms with Gasteiger partial charge in [0.25, 0.3) is 5.91 Å². The van der Waals surface area contributed by atoms with Crippen LogP contribution in [0.4, 0.5) is 4.39 Å². The molecule has 0 bridgehead atoms. The van der Waals surface area contributed by atoms with Crippen LogP contribution in [-0.2, 0) is 19.4 Å². The third-order valence-corrected chi connectivity index (χ3v) is 5.51. The van der Waals surface area contributed by atoms with Crippen molar-refractivity contribution in [2.75, 3.05) is 0 Å². The minimum absolute atomic E-state index is 0.0429. The lowest BCUT2D eigenvalue weighted by atomic mass is 10.1. The molecule has 1 aromatic carbocycles. The molecule has 1 aliphatic rings. The minimum Gasteiger partial charge on any atom is -0.347 e. The lowest BCUT2D eigenvalue weighted by molar-refractivity contribution is 0.0931. The van der Waals surface area contributed by atoms with Gasteiger partial charge in [0.05, 0.1) is 4.88 Å². The van der Waals surface area contributed by atoms with Gasteiger partial charge in [-0.05, 0) is 24.6 Å². The molecule has 1 amide bonds. The monoisotopic (exact) mass is 344 g/mol. The predicted octanol–water partition coefficient (Wildman–Crippen LogP) is 2.94. The number of amides is 1. The Morgan fingerprint density at radius 2 is 2.33 bits per heavy atom. The summed E-state index contributed by atoms with van der Waals surface area (Å²) >= 11 is 1.32. The molecule has 7 heteroatoms. The van der Waals surface area contributed by atoms with Gasteiger partial charge in [-0.2, -0.15) is 0 Å². The van der Waals surface area contributed by atoms with Crippen LogP contribution in [0.3, 0.4) is 0 Å². The van der Waals surface area contributed by atoms with Crippen molar-refractivity contribution in [3.05, 3.63) is 46.6 Å². The molecule has 0 fully saturated rings. The summed E-state index contributed by atoms with van der Waals surface area (Å²) in [5, 5.41) is 12.0.